The highest BCUT2D eigenvalue weighted by Crippen LogP contribution is 2.48. The van der Waals surface area contributed by atoms with Crippen LogP contribution in [0.25, 0.3) is 0 Å². The number of halogens is 1. The van der Waals surface area contributed by atoms with Crippen LogP contribution < -0.4 is 14.5 Å². The van der Waals surface area contributed by atoms with Gasteiger partial charge in [-0.15, -0.1) is 0 Å². The maximum absolute atomic E-state index is 13.5. The molecule has 1 fully saturated rings. The number of hydrogen-bond acceptors (Lipinski definition) is 6. The molecule has 32 heavy (non-hydrogen) atoms. The number of hydrogen-bond donors (Lipinski definition) is 0. The first-order valence-electron chi connectivity index (χ1n) is 11.1. The van der Waals surface area contributed by atoms with Gasteiger partial charge in [0.1, 0.15) is 23.9 Å². The lowest BCUT2D eigenvalue weighted by Gasteiger charge is -2.38. The molecule has 0 radical (unpaired) electrons. The molecular formula is C25H29FN4O2. The van der Waals surface area contributed by atoms with Gasteiger partial charge in [-0.1, -0.05) is 12.1 Å². The van der Waals surface area contributed by atoms with Crippen molar-refractivity contribution in [1.29, 1.82) is 5.26 Å². The molecule has 0 amide bonds. The second kappa shape index (κ2) is 9.58. The molecule has 2 atom stereocenters. The first-order valence-corrected chi connectivity index (χ1v) is 11.1. The second-order valence-electron chi connectivity index (χ2n) is 8.65. The van der Waals surface area contributed by atoms with Gasteiger partial charge in [0.25, 0.3) is 0 Å². The van der Waals surface area contributed by atoms with E-state index in [9.17, 15) is 9.18 Å². The molecule has 0 saturated carbocycles. The zero-order chi connectivity index (χ0) is 22.7. The third-order valence-corrected chi connectivity index (χ3v) is 6.49. The Labute approximate surface area is 188 Å². The number of carbonyl (C=O) groups is 1. The molecule has 4 rings (SSSR count). The summed E-state index contributed by atoms with van der Waals surface area (Å²) < 4.78 is 19.2. The smallest absolute Gasteiger partial charge is 0.139 e. The van der Waals surface area contributed by atoms with Gasteiger partial charge in [-0.3, -0.25) is 0 Å². The maximum Gasteiger partial charge on any atom is 0.139 e. The fraction of sp³-hybridized carbons (Fsp3) is 0.440. The molecule has 0 bridgehead atoms. The third-order valence-electron chi connectivity index (χ3n) is 6.49. The minimum Gasteiger partial charge on any atom is -0.492 e. The van der Waals surface area contributed by atoms with Crippen LogP contribution in [0.2, 0.25) is 0 Å². The number of rotatable bonds is 8. The van der Waals surface area contributed by atoms with Gasteiger partial charge < -0.3 is 24.2 Å². The third kappa shape index (κ3) is 4.28. The Hall–Kier alpha value is -3.11. The van der Waals surface area contributed by atoms with Crippen LogP contribution in [0.15, 0.2) is 36.4 Å². The number of nitriles is 1. The van der Waals surface area contributed by atoms with Gasteiger partial charge in [-0.2, -0.15) is 5.26 Å². The molecule has 6 nitrogen and oxygen atoms in total. The zero-order valence-corrected chi connectivity index (χ0v) is 18.6. The standard InChI is InChI=1S/C25H29FN4O2/c1-28(2)23-6-3-5-20-21-17-29(11-9-22(21)30(12-13-31)25(20)23)10-4-14-32-24-15-19(26)8-7-18(24)16-27/h3,5-8,13,15,21-22H,4,9-12,14,17H2,1-2H3. The Morgan fingerprint density at radius 1 is 1.31 bits per heavy atom. The molecule has 7 heteroatoms. The quantitative estimate of drug-likeness (QED) is 0.467. The van der Waals surface area contributed by atoms with Crippen molar-refractivity contribution < 1.29 is 13.9 Å². The summed E-state index contributed by atoms with van der Waals surface area (Å²) in [6, 6.07) is 12.8. The number of anilines is 2. The van der Waals surface area contributed by atoms with Crippen LogP contribution >= 0.6 is 0 Å². The summed E-state index contributed by atoms with van der Waals surface area (Å²) in [5.74, 6) is 0.266. The van der Waals surface area contributed by atoms with Crippen molar-refractivity contribution in [3.05, 3.63) is 53.3 Å². The molecular weight excluding hydrogens is 407 g/mol. The molecule has 2 aliphatic heterocycles. The minimum atomic E-state index is -0.405. The molecule has 0 spiro atoms. The summed E-state index contributed by atoms with van der Waals surface area (Å²) in [7, 11) is 4.08. The van der Waals surface area contributed by atoms with Gasteiger partial charge in [0, 0.05) is 51.8 Å². The van der Waals surface area contributed by atoms with E-state index in [2.05, 4.69) is 32.9 Å². The van der Waals surface area contributed by atoms with E-state index >= 15 is 0 Å². The Bertz CT molecular complexity index is 1020. The molecule has 2 aromatic carbocycles. The van der Waals surface area contributed by atoms with Crippen molar-refractivity contribution >= 4 is 17.7 Å². The second-order valence-corrected chi connectivity index (χ2v) is 8.65. The van der Waals surface area contributed by atoms with E-state index in [0.29, 0.717) is 36.4 Å². The predicted octanol–water partition coefficient (Wildman–Crippen LogP) is 3.41. The molecule has 0 aliphatic carbocycles. The number of carbonyl (C=O) groups excluding carboxylic acids is 1. The number of ether oxygens (including phenoxy) is 1. The summed E-state index contributed by atoms with van der Waals surface area (Å²) in [4.78, 5) is 18.3. The van der Waals surface area contributed by atoms with Crippen LogP contribution in [0.4, 0.5) is 15.8 Å². The van der Waals surface area contributed by atoms with Gasteiger partial charge in [0.05, 0.1) is 30.1 Å². The minimum absolute atomic E-state index is 0.302. The highest BCUT2D eigenvalue weighted by molar-refractivity contribution is 5.81. The average Bonchev–Trinajstić information content (AvgIpc) is 3.10. The molecule has 2 unspecified atom stereocenters. The van der Waals surface area contributed by atoms with Crippen LogP contribution in [0.5, 0.6) is 5.75 Å². The Kier molecular flexibility index (Phi) is 6.61. The lowest BCUT2D eigenvalue weighted by atomic mass is 9.89. The molecule has 2 aromatic rings. The number of benzene rings is 2. The van der Waals surface area contributed by atoms with Crippen molar-refractivity contribution in [3.63, 3.8) is 0 Å². The number of para-hydroxylation sites is 1. The van der Waals surface area contributed by atoms with Gasteiger partial charge in [0.15, 0.2) is 0 Å². The van der Waals surface area contributed by atoms with E-state index in [1.165, 1.54) is 29.4 Å². The van der Waals surface area contributed by atoms with Gasteiger partial charge in [-0.05, 0) is 36.6 Å². The largest absolute Gasteiger partial charge is 0.492 e. The van der Waals surface area contributed by atoms with Crippen LogP contribution in [-0.2, 0) is 4.79 Å². The maximum atomic E-state index is 13.5. The van der Waals surface area contributed by atoms with E-state index in [0.717, 1.165) is 44.4 Å². The van der Waals surface area contributed by atoms with E-state index in [1.807, 2.05) is 20.2 Å². The zero-order valence-electron chi connectivity index (χ0n) is 18.6. The predicted molar refractivity (Wildman–Crippen MR) is 123 cm³/mol. The first-order chi connectivity index (χ1) is 15.5. The summed E-state index contributed by atoms with van der Waals surface area (Å²) in [5.41, 5.74) is 4.02. The van der Waals surface area contributed by atoms with Crippen molar-refractivity contribution in [2.45, 2.75) is 24.8 Å². The lowest BCUT2D eigenvalue weighted by Crippen LogP contribution is -2.47. The SMILES string of the molecule is CN(C)c1cccc2c1N(CC=O)C1CCN(CCCOc3cc(F)ccc3C#N)CC21. The molecule has 2 heterocycles. The topological polar surface area (TPSA) is 59.8 Å². The van der Waals surface area contributed by atoms with Gasteiger partial charge in [-0.25, -0.2) is 4.39 Å². The Morgan fingerprint density at radius 3 is 2.91 bits per heavy atom. The van der Waals surface area contributed by atoms with E-state index < -0.39 is 5.82 Å². The summed E-state index contributed by atoms with van der Waals surface area (Å²) in [6.45, 7) is 3.62. The summed E-state index contributed by atoms with van der Waals surface area (Å²) in [5, 5.41) is 9.16. The summed E-state index contributed by atoms with van der Waals surface area (Å²) >= 11 is 0. The van der Waals surface area contributed by atoms with E-state index in [4.69, 9.17) is 10.00 Å². The number of nitrogens with zero attached hydrogens (tertiary/aromatic N) is 4. The number of fused-ring (bicyclic) bond motifs is 3. The van der Waals surface area contributed by atoms with Crippen LogP contribution in [0.3, 0.4) is 0 Å². The lowest BCUT2D eigenvalue weighted by molar-refractivity contribution is -0.106. The monoisotopic (exact) mass is 436 g/mol. The number of likely N-dealkylation sites (tertiary alicyclic amines) is 1. The van der Waals surface area contributed by atoms with Crippen LogP contribution in [0.1, 0.15) is 29.9 Å². The average molecular weight is 437 g/mol. The Balaban J connectivity index is 1.40. The molecule has 0 aromatic heterocycles. The van der Waals surface area contributed by atoms with Gasteiger partial charge in [0.2, 0.25) is 0 Å². The Morgan fingerprint density at radius 2 is 2.16 bits per heavy atom. The molecule has 1 saturated heterocycles. The van der Waals surface area contributed by atoms with Gasteiger partial charge >= 0.3 is 0 Å². The van der Waals surface area contributed by atoms with E-state index in [1.54, 1.807) is 0 Å². The fourth-order valence-electron chi connectivity index (χ4n) is 5.06. The van der Waals surface area contributed by atoms with Crippen LogP contribution in [0, 0.1) is 17.1 Å². The van der Waals surface area contributed by atoms with Crippen molar-refractivity contribution in [2.24, 2.45) is 0 Å². The number of aldehydes is 1. The number of piperidine rings is 1. The van der Waals surface area contributed by atoms with Crippen molar-refractivity contribution in [1.82, 2.24) is 4.90 Å². The first kappa shape index (κ1) is 22.1. The van der Waals surface area contributed by atoms with Crippen molar-refractivity contribution in [3.8, 4) is 11.8 Å². The normalized spacial score (nSPS) is 19.8. The van der Waals surface area contributed by atoms with E-state index in [-0.39, 0.29) is 0 Å². The van der Waals surface area contributed by atoms with Crippen LogP contribution in [-0.4, -0.2) is 64.1 Å². The molecule has 0 N–H and O–H groups in total. The summed E-state index contributed by atoms with van der Waals surface area (Å²) in [6.07, 6.45) is 2.80. The highest BCUT2D eigenvalue weighted by Gasteiger charge is 2.42. The fourth-order valence-corrected chi connectivity index (χ4v) is 5.06. The highest BCUT2D eigenvalue weighted by atomic mass is 19.1. The molecule has 168 valence electrons. The van der Waals surface area contributed by atoms with Crippen molar-refractivity contribution in [2.75, 3.05) is 56.7 Å². The molecule has 2 aliphatic rings.